The molecule has 6 aromatic rings. The van der Waals surface area contributed by atoms with Crippen LogP contribution < -0.4 is 0 Å². The smallest absolute Gasteiger partial charge is 0.00880 e. The fourth-order valence-corrected chi connectivity index (χ4v) is 7.83. The molecule has 6 aromatic carbocycles. The van der Waals surface area contributed by atoms with Crippen LogP contribution in [0.5, 0.6) is 0 Å². The Morgan fingerprint density at radius 2 is 1.04 bits per heavy atom. The van der Waals surface area contributed by atoms with Crippen LogP contribution in [0.4, 0.5) is 0 Å². The summed E-state index contributed by atoms with van der Waals surface area (Å²) in [5.41, 5.74) is 20.8. The Morgan fingerprint density at radius 3 is 1.60 bits per heavy atom. The van der Waals surface area contributed by atoms with Crippen molar-refractivity contribution in [2.75, 3.05) is 0 Å². The van der Waals surface area contributed by atoms with Crippen molar-refractivity contribution in [2.45, 2.75) is 116 Å². The molecule has 0 saturated carbocycles. The van der Waals surface area contributed by atoms with Crippen LogP contribution in [-0.4, -0.2) is 0 Å². The van der Waals surface area contributed by atoms with Crippen LogP contribution >= 0.6 is 0 Å². The molecule has 7 rings (SSSR count). The van der Waals surface area contributed by atoms with Crippen molar-refractivity contribution in [1.29, 1.82) is 0 Å². The van der Waals surface area contributed by atoms with Crippen LogP contribution in [0.25, 0.3) is 44.5 Å². The van der Waals surface area contributed by atoms with Gasteiger partial charge in [-0.15, -0.1) is 0 Å². The van der Waals surface area contributed by atoms with Gasteiger partial charge in [-0.3, -0.25) is 0 Å². The van der Waals surface area contributed by atoms with Gasteiger partial charge in [-0.2, -0.15) is 0 Å². The zero-order chi connectivity index (χ0) is 53.6. The normalized spacial score (nSPS) is 11.6. The summed E-state index contributed by atoms with van der Waals surface area (Å²) in [6, 6.07) is 54.0. The third kappa shape index (κ3) is 21.9. The molecule has 0 radical (unpaired) electrons. The molecule has 380 valence electrons. The van der Waals surface area contributed by atoms with Gasteiger partial charge in [-0.25, -0.2) is 0 Å². The van der Waals surface area contributed by atoms with E-state index in [0.29, 0.717) is 0 Å². The molecule has 0 amide bonds. The first kappa shape index (κ1) is 61.8. The van der Waals surface area contributed by atoms with E-state index in [1.54, 1.807) is 0 Å². The average molecular weight is 966 g/mol. The van der Waals surface area contributed by atoms with E-state index in [1.165, 1.54) is 83.5 Å². The van der Waals surface area contributed by atoms with Crippen LogP contribution in [0.3, 0.4) is 0 Å². The maximum Gasteiger partial charge on any atom is -0.00880 e. The summed E-state index contributed by atoms with van der Waals surface area (Å²) in [6.07, 6.45) is 34.0. The summed E-state index contributed by atoms with van der Waals surface area (Å²) in [6.45, 7) is 30.9. The van der Waals surface area contributed by atoms with E-state index < -0.39 is 0 Å². The lowest BCUT2D eigenvalue weighted by Gasteiger charge is -2.10. The number of hydrogen-bond acceptors (Lipinski definition) is 0. The Bertz CT molecular complexity index is 2730. The molecule has 0 saturated heterocycles. The minimum atomic E-state index is 0.933. The highest BCUT2D eigenvalue weighted by Crippen LogP contribution is 2.33. The number of rotatable bonds is 15. The topological polar surface area (TPSA) is 0 Å². The van der Waals surface area contributed by atoms with Crippen molar-refractivity contribution in [3.63, 3.8) is 0 Å². The standard InChI is InChI=1S/C33H34.C18H14.C16H22.3C2H6/c1-5-6-7-8-11-17-29-18-14-21-33(29)32-20-13-19-30(25-32)31-23-22-28(27(4)24-31)16-12-9-10-15-26(2)3;1-3-8-15(9-4-1)17-12-7-13-18(14-17)16-10-5-2-6-11-16;1-5-7-11-15(13(3)4)16-12-9-8-10-14(16)6-2;3*1-2/h5-15,17,19-25H,2,16,18H2,1,3-4H3;1-14H;7-12H,5-6H2,1-4H3;3*1-2H3/b6-5+,8-7-,12-9-,15-10-,17-11-;;11-7-;;;. The molecule has 0 heteroatoms. The van der Waals surface area contributed by atoms with Gasteiger partial charge in [0.25, 0.3) is 0 Å². The van der Waals surface area contributed by atoms with E-state index in [4.69, 9.17) is 0 Å². The van der Waals surface area contributed by atoms with E-state index in [0.717, 1.165) is 31.3 Å². The third-order valence-electron chi connectivity index (χ3n) is 11.4. The van der Waals surface area contributed by atoms with Crippen molar-refractivity contribution < 1.29 is 0 Å². The third-order valence-corrected chi connectivity index (χ3v) is 11.4. The van der Waals surface area contributed by atoms with Gasteiger partial charge >= 0.3 is 0 Å². The van der Waals surface area contributed by atoms with Gasteiger partial charge in [0.05, 0.1) is 0 Å². The fraction of sp³-hybridized carbons (Fsp3) is 0.233. The number of hydrogen-bond donors (Lipinski definition) is 0. The van der Waals surface area contributed by atoms with Gasteiger partial charge in [0, 0.05) is 0 Å². The zero-order valence-corrected chi connectivity index (χ0v) is 47.1. The van der Waals surface area contributed by atoms with E-state index >= 15 is 0 Å². The summed E-state index contributed by atoms with van der Waals surface area (Å²) < 4.78 is 0. The Labute approximate surface area is 445 Å². The van der Waals surface area contributed by atoms with Crippen molar-refractivity contribution in [2.24, 2.45) is 0 Å². The molecule has 0 fully saturated rings. The lowest BCUT2D eigenvalue weighted by molar-refractivity contribution is 1.13. The van der Waals surface area contributed by atoms with Gasteiger partial charge < -0.3 is 0 Å². The lowest BCUT2D eigenvalue weighted by Crippen LogP contribution is -1.91. The molecule has 0 atom stereocenters. The molecule has 1 aliphatic rings. The van der Waals surface area contributed by atoms with Crippen LogP contribution in [0, 0.1) is 6.92 Å². The quantitative estimate of drug-likeness (QED) is 0.0900. The van der Waals surface area contributed by atoms with Crippen molar-refractivity contribution in [3.05, 3.63) is 288 Å². The van der Waals surface area contributed by atoms with Crippen molar-refractivity contribution >= 4 is 11.1 Å². The van der Waals surface area contributed by atoms with Crippen LogP contribution in [0.2, 0.25) is 0 Å². The molecular weight excluding hydrogens is 877 g/mol. The van der Waals surface area contributed by atoms with Gasteiger partial charge in [-0.05, 0) is 150 Å². The fourth-order valence-electron chi connectivity index (χ4n) is 7.83. The highest BCUT2D eigenvalue weighted by molar-refractivity contribution is 5.84. The Hall–Kier alpha value is -7.28. The summed E-state index contributed by atoms with van der Waals surface area (Å²) in [5, 5.41) is 0. The lowest BCUT2D eigenvalue weighted by atomic mass is 9.94. The molecule has 0 unspecified atom stereocenters. The summed E-state index contributed by atoms with van der Waals surface area (Å²) in [7, 11) is 0. The number of allylic oxidation sites excluding steroid dienone is 19. The van der Waals surface area contributed by atoms with E-state index in [9.17, 15) is 0 Å². The molecule has 0 bridgehead atoms. The highest BCUT2D eigenvalue weighted by Gasteiger charge is 2.11. The SMILES string of the molecule is C=C(C)/C=C\C=C/Cc1ccc(-c2cccc(C3=C(\C=C/C=C\C=C\C)CC=C3)c2)cc1C.CC.CC.CC.CC/C=C\C(=C(C)C)c1ccccc1CC.c1ccc(-c2cccc(-c3ccccc3)c2)cc1. The monoisotopic (exact) mass is 965 g/mol. The Morgan fingerprint density at radius 1 is 0.507 bits per heavy atom. The molecule has 0 aliphatic heterocycles. The first-order chi connectivity index (χ1) is 35.7. The average Bonchev–Trinajstić information content (AvgIpc) is 3.92. The van der Waals surface area contributed by atoms with Crippen LogP contribution in [0.1, 0.15) is 124 Å². The summed E-state index contributed by atoms with van der Waals surface area (Å²) in [4.78, 5) is 0. The number of aryl methyl sites for hydroxylation is 2. The van der Waals surface area contributed by atoms with Crippen molar-refractivity contribution in [3.8, 4) is 33.4 Å². The zero-order valence-electron chi connectivity index (χ0n) is 47.1. The molecule has 0 N–H and O–H groups in total. The molecule has 0 heterocycles. The Kier molecular flexibility index (Phi) is 31.8. The molecular formula is C73H88. The second kappa shape index (κ2) is 37.5. The molecule has 0 spiro atoms. The van der Waals surface area contributed by atoms with Gasteiger partial charge in [0.2, 0.25) is 0 Å². The van der Waals surface area contributed by atoms with Gasteiger partial charge in [-0.1, -0.05) is 298 Å². The molecule has 1 aliphatic carbocycles. The first-order valence-corrected chi connectivity index (χ1v) is 26.9. The van der Waals surface area contributed by atoms with Gasteiger partial charge in [0.1, 0.15) is 0 Å². The maximum absolute atomic E-state index is 3.89. The molecule has 0 aromatic heterocycles. The van der Waals surface area contributed by atoms with E-state index in [1.807, 2.05) is 91.8 Å². The van der Waals surface area contributed by atoms with Crippen LogP contribution in [0.15, 0.2) is 260 Å². The second-order valence-corrected chi connectivity index (χ2v) is 16.9. The van der Waals surface area contributed by atoms with Gasteiger partial charge in [0.15, 0.2) is 0 Å². The first-order valence-electron chi connectivity index (χ1n) is 26.9. The van der Waals surface area contributed by atoms with Crippen molar-refractivity contribution in [1.82, 2.24) is 0 Å². The van der Waals surface area contributed by atoms with E-state index in [2.05, 4.69) is 241 Å². The molecule has 0 nitrogen and oxygen atoms in total. The minimum absolute atomic E-state index is 0.933. The van der Waals surface area contributed by atoms with Crippen LogP contribution in [-0.2, 0) is 12.8 Å². The maximum atomic E-state index is 3.89. The summed E-state index contributed by atoms with van der Waals surface area (Å²) in [5.74, 6) is 0. The van der Waals surface area contributed by atoms with E-state index in [-0.39, 0.29) is 0 Å². The Balaban J connectivity index is 0.000000385. The minimum Gasteiger partial charge on any atom is -0.0961 e. The highest BCUT2D eigenvalue weighted by atomic mass is 14.2. The largest absolute Gasteiger partial charge is 0.0961 e. The summed E-state index contributed by atoms with van der Waals surface area (Å²) >= 11 is 0. The second-order valence-electron chi connectivity index (χ2n) is 16.9. The predicted molar refractivity (Wildman–Crippen MR) is 332 cm³/mol. The number of benzene rings is 6. The molecule has 73 heavy (non-hydrogen) atoms. The predicted octanol–water partition coefficient (Wildman–Crippen LogP) is 22.4.